The molecule has 3 aromatic heterocycles. The van der Waals surface area contributed by atoms with Crippen LogP contribution >= 0.6 is 0 Å². The van der Waals surface area contributed by atoms with Gasteiger partial charge in [0, 0.05) is 23.8 Å². The molecule has 1 amide bonds. The Morgan fingerprint density at radius 2 is 1.74 bits per heavy atom. The summed E-state index contributed by atoms with van der Waals surface area (Å²) in [5, 5.41) is 12.7. The summed E-state index contributed by atoms with van der Waals surface area (Å²) in [6, 6.07) is 18.2. The van der Waals surface area contributed by atoms with Crippen molar-refractivity contribution in [2.24, 2.45) is 0 Å². The second-order valence-electron chi connectivity index (χ2n) is 8.24. The first-order valence-corrected chi connectivity index (χ1v) is 10.9. The molecule has 1 N–H and O–H groups in total. The molecule has 5 rings (SSSR count). The number of aromatic nitrogens is 5. The van der Waals surface area contributed by atoms with E-state index >= 15 is 0 Å². The van der Waals surface area contributed by atoms with Gasteiger partial charge in [-0.3, -0.25) is 9.48 Å². The fourth-order valence-electron chi connectivity index (χ4n) is 3.98. The molecule has 0 aliphatic heterocycles. The average Bonchev–Trinajstić information content (AvgIpc) is 3.39. The van der Waals surface area contributed by atoms with Crippen LogP contribution in [-0.2, 0) is 17.9 Å². The van der Waals surface area contributed by atoms with Gasteiger partial charge in [-0.05, 0) is 48.7 Å². The van der Waals surface area contributed by atoms with Crippen molar-refractivity contribution < 1.29 is 9.18 Å². The Bertz CT molecular complexity index is 1470. The molecule has 0 atom stereocenters. The molecule has 170 valence electrons. The van der Waals surface area contributed by atoms with E-state index in [9.17, 15) is 9.18 Å². The van der Waals surface area contributed by atoms with E-state index in [0.29, 0.717) is 18.0 Å². The Labute approximate surface area is 195 Å². The van der Waals surface area contributed by atoms with Crippen LogP contribution in [0.5, 0.6) is 0 Å². The van der Waals surface area contributed by atoms with E-state index in [1.54, 1.807) is 33.8 Å². The second-order valence-corrected chi connectivity index (χ2v) is 8.24. The van der Waals surface area contributed by atoms with E-state index in [0.717, 1.165) is 27.8 Å². The number of benzene rings is 2. The Morgan fingerprint density at radius 1 is 0.971 bits per heavy atom. The smallest absolute Gasteiger partial charge is 0.247 e. The number of carbonyl (C=O) groups excluding carboxylic acids is 1. The number of aryl methyl sites for hydroxylation is 2. The molecule has 0 saturated carbocycles. The molecule has 0 fully saturated rings. The van der Waals surface area contributed by atoms with Crippen molar-refractivity contribution in [3.8, 4) is 11.1 Å². The largest absolute Gasteiger partial charge is 0.308 e. The number of hydrogen-bond donors (Lipinski definition) is 1. The minimum absolute atomic E-state index is 0.00493. The van der Waals surface area contributed by atoms with Crippen molar-refractivity contribution in [3.63, 3.8) is 0 Å². The maximum atomic E-state index is 13.4. The number of hydrogen-bond acceptors (Lipinski definition) is 4. The van der Waals surface area contributed by atoms with Crippen LogP contribution in [0, 0.1) is 19.7 Å². The topological polar surface area (TPSA) is 77.6 Å². The first kappa shape index (κ1) is 21.5. The number of rotatable bonds is 6. The van der Waals surface area contributed by atoms with Gasteiger partial charge in [-0.15, -0.1) is 0 Å². The highest BCUT2D eigenvalue weighted by atomic mass is 19.1. The van der Waals surface area contributed by atoms with Crippen LogP contribution < -0.4 is 5.32 Å². The number of amides is 1. The van der Waals surface area contributed by atoms with Crippen LogP contribution in [0.2, 0.25) is 0 Å². The van der Waals surface area contributed by atoms with E-state index in [4.69, 9.17) is 0 Å². The monoisotopic (exact) mass is 454 g/mol. The first-order chi connectivity index (χ1) is 16.5. The third-order valence-electron chi connectivity index (χ3n) is 5.63. The third kappa shape index (κ3) is 4.43. The lowest BCUT2D eigenvalue weighted by atomic mass is 10.0. The van der Waals surface area contributed by atoms with Gasteiger partial charge >= 0.3 is 0 Å². The van der Waals surface area contributed by atoms with Gasteiger partial charge in [0.05, 0.1) is 12.2 Å². The van der Waals surface area contributed by atoms with Crippen LogP contribution in [0.25, 0.3) is 22.2 Å². The molecule has 0 spiro atoms. The Hall–Kier alpha value is -4.33. The molecule has 34 heavy (non-hydrogen) atoms. The fourth-order valence-corrected chi connectivity index (χ4v) is 3.98. The van der Waals surface area contributed by atoms with Crippen molar-refractivity contribution in [2.45, 2.75) is 26.9 Å². The van der Waals surface area contributed by atoms with Crippen LogP contribution in [0.3, 0.4) is 0 Å². The van der Waals surface area contributed by atoms with Gasteiger partial charge in [0.2, 0.25) is 5.91 Å². The number of fused-ring (bicyclic) bond motifs is 1. The van der Waals surface area contributed by atoms with Crippen molar-refractivity contribution in [2.75, 3.05) is 5.32 Å². The highest BCUT2D eigenvalue weighted by Gasteiger charge is 2.16. The van der Waals surface area contributed by atoms with Crippen LogP contribution in [-0.4, -0.2) is 30.5 Å². The molecular weight excluding hydrogens is 431 g/mol. The Morgan fingerprint density at radius 3 is 2.50 bits per heavy atom. The van der Waals surface area contributed by atoms with Crippen molar-refractivity contribution >= 4 is 22.8 Å². The van der Waals surface area contributed by atoms with E-state index in [1.807, 2.05) is 19.2 Å². The number of nitrogens with zero attached hydrogens (tertiary/aromatic N) is 5. The lowest BCUT2D eigenvalue weighted by Crippen LogP contribution is -2.20. The van der Waals surface area contributed by atoms with E-state index in [2.05, 4.69) is 51.7 Å². The molecule has 0 aliphatic rings. The third-order valence-corrected chi connectivity index (χ3v) is 5.63. The number of halogens is 1. The predicted molar refractivity (Wildman–Crippen MR) is 129 cm³/mol. The number of carbonyl (C=O) groups is 1. The highest BCUT2D eigenvalue weighted by Crippen LogP contribution is 2.29. The summed E-state index contributed by atoms with van der Waals surface area (Å²) < 4.78 is 16.7. The summed E-state index contributed by atoms with van der Waals surface area (Å²) in [5.74, 6) is -0.0660. The van der Waals surface area contributed by atoms with Crippen LogP contribution in [0.15, 0.2) is 73.1 Å². The lowest BCUT2D eigenvalue weighted by molar-refractivity contribution is -0.116. The normalized spacial score (nSPS) is 11.1. The van der Waals surface area contributed by atoms with E-state index < -0.39 is 0 Å². The quantitative estimate of drug-likeness (QED) is 0.402. The van der Waals surface area contributed by atoms with Crippen LogP contribution in [0.4, 0.5) is 10.2 Å². The molecule has 3 heterocycles. The summed E-state index contributed by atoms with van der Waals surface area (Å²) in [4.78, 5) is 17.2. The summed E-state index contributed by atoms with van der Waals surface area (Å²) in [6.07, 6.45) is 3.50. The van der Waals surface area contributed by atoms with Gasteiger partial charge < -0.3 is 5.32 Å². The number of anilines is 1. The molecule has 0 bridgehead atoms. The van der Waals surface area contributed by atoms with Gasteiger partial charge in [-0.1, -0.05) is 42.0 Å². The molecule has 2 aromatic carbocycles. The van der Waals surface area contributed by atoms with Gasteiger partial charge in [0.15, 0.2) is 11.5 Å². The maximum Gasteiger partial charge on any atom is 0.247 e. The number of nitrogens with one attached hydrogen (secondary N) is 1. The van der Waals surface area contributed by atoms with Crippen molar-refractivity contribution in [3.05, 3.63) is 95.7 Å². The minimum Gasteiger partial charge on any atom is -0.308 e. The maximum absolute atomic E-state index is 13.4. The van der Waals surface area contributed by atoms with Crippen molar-refractivity contribution in [1.29, 1.82) is 0 Å². The average molecular weight is 455 g/mol. The highest BCUT2D eigenvalue weighted by molar-refractivity contribution is 5.96. The van der Waals surface area contributed by atoms with Crippen molar-refractivity contribution in [1.82, 2.24) is 24.5 Å². The number of pyridine rings is 1. The molecule has 7 nitrogen and oxygen atoms in total. The predicted octanol–water partition coefficient (Wildman–Crippen LogP) is 4.74. The summed E-state index contributed by atoms with van der Waals surface area (Å²) in [7, 11) is 0. The zero-order valence-corrected chi connectivity index (χ0v) is 18.9. The summed E-state index contributed by atoms with van der Waals surface area (Å²) in [5.41, 5.74) is 5.44. The minimum atomic E-state index is -0.292. The molecule has 0 aliphatic carbocycles. The molecule has 0 radical (unpaired) electrons. The zero-order valence-electron chi connectivity index (χ0n) is 18.9. The fraction of sp³-hybridized carbons (Fsp3) is 0.154. The summed E-state index contributed by atoms with van der Waals surface area (Å²) in [6.45, 7) is 4.54. The zero-order chi connectivity index (χ0) is 23.7. The molecule has 0 unspecified atom stereocenters. The first-order valence-electron chi connectivity index (χ1n) is 10.9. The molecule has 0 saturated heterocycles. The lowest BCUT2D eigenvalue weighted by Gasteiger charge is -2.06. The SMILES string of the molecule is Cc1ccc(Cn2ccc(NC(=O)Cn3nc(C)c4c(-c5ccc(F)cc5)ccnc43)n2)cc1. The van der Waals surface area contributed by atoms with E-state index in [1.165, 1.54) is 17.7 Å². The van der Waals surface area contributed by atoms with Gasteiger partial charge in [-0.25, -0.2) is 14.1 Å². The van der Waals surface area contributed by atoms with Crippen LogP contribution in [0.1, 0.15) is 16.8 Å². The summed E-state index contributed by atoms with van der Waals surface area (Å²) >= 11 is 0. The second kappa shape index (κ2) is 8.90. The molecular formula is C26H23FN6O. The van der Waals surface area contributed by atoms with Gasteiger partial charge in [0.1, 0.15) is 12.4 Å². The Balaban J connectivity index is 1.32. The van der Waals surface area contributed by atoms with Gasteiger partial charge in [0.25, 0.3) is 0 Å². The molecule has 8 heteroatoms. The van der Waals surface area contributed by atoms with E-state index in [-0.39, 0.29) is 18.3 Å². The standard InChI is InChI=1S/C26H23FN6O/c1-17-3-5-19(6-4-17)15-32-14-12-23(31-32)29-24(34)16-33-26-25(18(2)30-33)22(11-13-28-26)20-7-9-21(27)10-8-20/h3-14H,15-16H2,1-2H3,(H,29,31,34). The molecule has 5 aromatic rings. The van der Waals surface area contributed by atoms with Gasteiger partial charge in [-0.2, -0.15) is 10.2 Å². The Kier molecular flexibility index (Phi) is 5.63.